The van der Waals surface area contributed by atoms with Gasteiger partial charge < -0.3 is 0 Å². The van der Waals surface area contributed by atoms with Crippen LogP contribution in [-0.2, 0) is 36.0 Å². The summed E-state index contributed by atoms with van der Waals surface area (Å²) < 4.78 is 69.9. The molecule has 1 saturated carbocycles. The van der Waals surface area contributed by atoms with Crippen LogP contribution in [0.15, 0.2) is 152 Å². The predicted molar refractivity (Wildman–Crippen MR) is 216 cm³/mol. The molecule has 3 atom stereocenters. The Bertz CT molecular complexity index is 1550. The summed E-state index contributed by atoms with van der Waals surface area (Å²) in [7, 11) is -12.3. The Morgan fingerprint density at radius 1 is 0.472 bits per heavy atom. The maximum atomic E-state index is 10.7. The van der Waals surface area contributed by atoms with Crippen LogP contribution < -0.4 is 21.2 Å². The van der Waals surface area contributed by atoms with Crippen molar-refractivity contribution in [2.45, 2.75) is 30.9 Å². The van der Waals surface area contributed by atoms with Crippen molar-refractivity contribution in [3.8, 4) is 0 Å². The number of rotatable bonds is 9. The molecule has 0 amide bonds. The summed E-state index contributed by atoms with van der Waals surface area (Å²) in [6, 6.07) is 54.3. The van der Waals surface area contributed by atoms with Crippen molar-refractivity contribution < 1.29 is 48.9 Å². The van der Waals surface area contributed by atoms with Gasteiger partial charge in [-0.25, -0.2) is 0 Å². The Morgan fingerprint density at radius 2 is 0.679 bits per heavy atom. The minimum atomic E-state index is -10.7. The first kappa shape index (κ1) is 46.9. The van der Waals surface area contributed by atoms with Crippen molar-refractivity contribution in [2.75, 3.05) is 6.26 Å². The average molecular weight is 892 g/mol. The average Bonchev–Trinajstić information content (AvgIpc) is 3.70. The van der Waals surface area contributed by atoms with Gasteiger partial charge in [-0.3, -0.25) is 4.21 Å². The van der Waals surface area contributed by atoms with E-state index < -0.39 is 34.5 Å². The smallest absolute Gasteiger partial charge is 0.0312 e. The Hall–Kier alpha value is -2.26. The summed E-state index contributed by atoms with van der Waals surface area (Å²) in [5, 5.41) is 5.87. The standard InChI is InChI=1S/C28H28P2.C8H10OS.C5H5.F6P.Ru/c1-23(29(25-15-7-3-8-16-25)26-17-9-4-10-18-26)24(2)30(27-19-11-5-12-20-27)28-21-13-6-14-22-28;1-10(9)7-8-5-3-2-4-6-8;1-2-4-5-3-1;1-7(2,3,4,5)6;/h3-24H,1-2H3;2-6H,7H2,1H3;1-5H;;/q;;;-1;+2/t23-,24-;10-;;;/m00.../s1. The molecule has 1 nitrogen and oxygen atoms in total. The summed E-state index contributed by atoms with van der Waals surface area (Å²) in [5.41, 5.74) is 2.25. The van der Waals surface area contributed by atoms with E-state index in [1.807, 2.05) is 62.4 Å². The third-order valence-electron chi connectivity index (χ3n) is 7.42. The van der Waals surface area contributed by atoms with Crippen LogP contribution in [-0.4, -0.2) is 21.8 Å². The molecule has 1 aliphatic rings. The van der Waals surface area contributed by atoms with Gasteiger partial charge in [-0.2, -0.15) is 0 Å². The van der Waals surface area contributed by atoms with Crippen LogP contribution in [0, 0.1) is 32.1 Å². The molecule has 5 aromatic carbocycles. The quantitative estimate of drug-likeness (QED) is 0.0819. The molecule has 1 aliphatic carbocycles. The van der Waals surface area contributed by atoms with E-state index in [9.17, 15) is 29.4 Å². The molecule has 5 radical (unpaired) electrons. The van der Waals surface area contributed by atoms with E-state index >= 15 is 0 Å². The van der Waals surface area contributed by atoms with Gasteiger partial charge in [-0.1, -0.05) is 166 Å². The molecule has 283 valence electrons. The molecule has 0 N–H and O–H groups in total. The number of halogens is 6. The van der Waals surface area contributed by atoms with Gasteiger partial charge in [-0.05, 0) is 86.0 Å². The fourth-order valence-corrected chi connectivity index (χ4v) is 11.9. The minimum Gasteiger partial charge on any atom is -0.0312 e. The van der Waals surface area contributed by atoms with E-state index in [1.54, 1.807) is 6.26 Å². The normalized spacial score (nSPS) is 15.3. The van der Waals surface area contributed by atoms with Crippen LogP contribution in [0.25, 0.3) is 0 Å². The Balaban J connectivity index is 0.000000342. The number of benzene rings is 5. The zero-order valence-corrected chi connectivity index (χ0v) is 34.7. The van der Waals surface area contributed by atoms with Crippen molar-refractivity contribution in [2.24, 2.45) is 0 Å². The fraction of sp³-hybridized carbons (Fsp3) is 0.146. The molecular formula is C41H43F6OP3RuS+. The molecule has 0 unspecified atom stereocenters. The molecule has 0 heterocycles. The van der Waals surface area contributed by atoms with Gasteiger partial charge in [0.15, 0.2) is 0 Å². The molecule has 1 fully saturated rings. The molecule has 0 aromatic heterocycles. The summed E-state index contributed by atoms with van der Waals surface area (Å²) in [6.45, 7) is 4.94. The van der Waals surface area contributed by atoms with Crippen LogP contribution in [0.2, 0.25) is 0 Å². The number of hydrogen-bond donors (Lipinski definition) is 0. The Morgan fingerprint density at radius 3 is 0.887 bits per heavy atom. The van der Waals surface area contributed by atoms with Gasteiger partial charge in [0, 0.05) is 22.8 Å². The van der Waals surface area contributed by atoms with E-state index in [1.165, 1.54) is 21.2 Å². The second-order valence-corrected chi connectivity index (χ2v) is 20.2. The summed E-state index contributed by atoms with van der Waals surface area (Å²) in [6.07, 6.45) is 11.7. The van der Waals surface area contributed by atoms with Crippen LogP contribution >= 0.6 is 23.7 Å². The minimum absolute atomic E-state index is 0. The fourth-order valence-electron chi connectivity index (χ4n) is 5.15. The van der Waals surface area contributed by atoms with Crippen molar-refractivity contribution in [3.05, 3.63) is 189 Å². The van der Waals surface area contributed by atoms with Crippen LogP contribution in [0.1, 0.15) is 19.4 Å². The first-order valence-corrected chi connectivity index (χ1v) is 22.9. The van der Waals surface area contributed by atoms with E-state index in [-0.39, 0.29) is 19.5 Å². The monoisotopic (exact) mass is 892 g/mol. The van der Waals surface area contributed by atoms with Gasteiger partial charge in [0.1, 0.15) is 0 Å². The van der Waals surface area contributed by atoms with E-state index in [0.717, 1.165) is 5.56 Å². The molecular weight excluding hydrogens is 848 g/mol. The topological polar surface area (TPSA) is 17.1 Å². The SMILES string of the molecule is C[C@@H]([C@H](C)P(c1ccccc1)c1ccccc1)P(c1ccccc1)c1ccccc1.C[S@](=O)Cc1ccccc1.F[P-](F)(F)(F)(F)F.[CH]1[CH][CH][CH][CH]1.[Ru+2]. The van der Waals surface area contributed by atoms with Gasteiger partial charge in [-0.15, -0.1) is 0 Å². The summed E-state index contributed by atoms with van der Waals surface area (Å²) >= 11 is 0. The first-order chi connectivity index (χ1) is 24.5. The van der Waals surface area contributed by atoms with Crippen molar-refractivity contribution in [3.63, 3.8) is 0 Å². The predicted octanol–water partition coefficient (Wildman–Crippen LogP) is 12.0. The molecule has 12 heteroatoms. The van der Waals surface area contributed by atoms with Crippen molar-refractivity contribution >= 4 is 55.7 Å². The molecule has 6 rings (SSSR count). The summed E-state index contributed by atoms with van der Waals surface area (Å²) in [5.74, 6) is 0.668. The zero-order chi connectivity index (χ0) is 38.1. The Labute approximate surface area is 329 Å². The molecule has 0 aliphatic heterocycles. The van der Waals surface area contributed by atoms with Crippen molar-refractivity contribution in [1.82, 2.24) is 0 Å². The Kier molecular flexibility index (Phi) is 19.2. The number of hydrogen-bond acceptors (Lipinski definition) is 1. The third kappa shape index (κ3) is 20.3. The van der Waals surface area contributed by atoms with E-state index in [4.69, 9.17) is 0 Å². The first-order valence-electron chi connectivity index (χ1n) is 16.4. The van der Waals surface area contributed by atoms with Gasteiger partial charge >= 0.3 is 52.5 Å². The van der Waals surface area contributed by atoms with Crippen LogP contribution in [0.5, 0.6) is 0 Å². The molecule has 0 bridgehead atoms. The molecule has 0 spiro atoms. The largest absolute Gasteiger partial charge is 2.00 e. The van der Waals surface area contributed by atoms with Gasteiger partial charge in [0.2, 0.25) is 0 Å². The molecule has 53 heavy (non-hydrogen) atoms. The third-order valence-corrected chi connectivity index (χ3v) is 14.3. The zero-order valence-electron chi connectivity index (χ0n) is 29.5. The van der Waals surface area contributed by atoms with Gasteiger partial charge in [0.05, 0.1) is 0 Å². The van der Waals surface area contributed by atoms with E-state index in [0.29, 0.717) is 17.1 Å². The van der Waals surface area contributed by atoms with Gasteiger partial charge in [0.25, 0.3) is 0 Å². The summed E-state index contributed by atoms with van der Waals surface area (Å²) in [4.78, 5) is 0. The van der Waals surface area contributed by atoms with Crippen LogP contribution in [0.3, 0.4) is 0 Å². The second kappa shape index (κ2) is 21.7. The van der Waals surface area contributed by atoms with Crippen LogP contribution in [0.4, 0.5) is 25.2 Å². The second-order valence-electron chi connectivity index (χ2n) is 11.7. The van der Waals surface area contributed by atoms with E-state index in [2.05, 4.69) is 135 Å². The van der Waals surface area contributed by atoms with Crippen molar-refractivity contribution in [1.29, 1.82) is 0 Å². The molecule has 5 aromatic rings. The maximum Gasteiger partial charge on any atom is 2.00 e. The molecule has 0 saturated heterocycles. The maximum absolute atomic E-state index is 10.7.